The molecule has 1 aromatic heterocycles. The molecule has 29 heavy (non-hydrogen) atoms. The van der Waals surface area contributed by atoms with E-state index < -0.39 is 5.97 Å². The van der Waals surface area contributed by atoms with Crippen LogP contribution >= 0.6 is 22.9 Å². The molecule has 1 aromatic carbocycles. The third-order valence-corrected chi connectivity index (χ3v) is 6.74. The highest BCUT2D eigenvalue weighted by atomic mass is 35.5. The van der Waals surface area contributed by atoms with Gasteiger partial charge in [-0.3, -0.25) is 4.79 Å². The topological polar surface area (TPSA) is 64.6 Å². The maximum absolute atomic E-state index is 12.4. The van der Waals surface area contributed by atoms with E-state index in [-0.39, 0.29) is 17.9 Å². The molecule has 0 unspecified atom stereocenters. The smallest absolute Gasteiger partial charge is 0.341 e. The minimum Gasteiger partial charge on any atom is -0.484 e. The van der Waals surface area contributed by atoms with Gasteiger partial charge in [-0.05, 0) is 60.4 Å². The Morgan fingerprint density at radius 2 is 1.93 bits per heavy atom. The average Bonchev–Trinajstić information content (AvgIpc) is 3.03. The van der Waals surface area contributed by atoms with Gasteiger partial charge in [-0.2, -0.15) is 0 Å². The predicted octanol–water partition coefficient (Wildman–Crippen LogP) is 5.36. The maximum atomic E-state index is 12.4. The lowest BCUT2D eigenvalue weighted by atomic mass is 9.72. The molecule has 3 rings (SSSR count). The number of nitrogens with one attached hydrogen (secondary N) is 1. The molecule has 1 heterocycles. The Balaban J connectivity index is 1.76. The zero-order valence-electron chi connectivity index (χ0n) is 17.1. The maximum Gasteiger partial charge on any atom is 0.341 e. The van der Waals surface area contributed by atoms with Gasteiger partial charge in [0.25, 0.3) is 5.91 Å². The molecule has 1 N–H and O–H groups in total. The van der Waals surface area contributed by atoms with Crippen molar-refractivity contribution in [3.8, 4) is 5.75 Å². The molecule has 156 valence electrons. The summed E-state index contributed by atoms with van der Waals surface area (Å²) < 4.78 is 10.5. The summed E-state index contributed by atoms with van der Waals surface area (Å²) in [6.45, 7) is 6.58. The van der Waals surface area contributed by atoms with E-state index in [9.17, 15) is 9.59 Å². The van der Waals surface area contributed by atoms with E-state index in [1.807, 2.05) is 0 Å². The number of esters is 1. The minimum atomic E-state index is -0.411. The Morgan fingerprint density at radius 3 is 2.55 bits per heavy atom. The molecule has 1 aliphatic rings. The first kappa shape index (κ1) is 21.7. The quantitative estimate of drug-likeness (QED) is 0.642. The third kappa shape index (κ3) is 5.11. The van der Waals surface area contributed by atoms with Crippen LogP contribution in [-0.2, 0) is 22.4 Å². The fourth-order valence-corrected chi connectivity index (χ4v) is 5.03. The Labute approximate surface area is 180 Å². The molecule has 7 heteroatoms. The predicted molar refractivity (Wildman–Crippen MR) is 116 cm³/mol. The first-order valence-electron chi connectivity index (χ1n) is 9.60. The van der Waals surface area contributed by atoms with Crippen LogP contribution < -0.4 is 10.1 Å². The van der Waals surface area contributed by atoms with Crippen LogP contribution in [-0.4, -0.2) is 25.6 Å². The molecular formula is C22H26ClNO4S. The number of carbonyl (C=O) groups excluding carboxylic acids is 2. The number of rotatable bonds is 5. The summed E-state index contributed by atoms with van der Waals surface area (Å²) in [5, 5.41) is 3.99. The van der Waals surface area contributed by atoms with E-state index in [2.05, 4.69) is 26.1 Å². The number of carbonyl (C=O) groups is 2. The lowest BCUT2D eigenvalue weighted by Gasteiger charge is -2.33. The van der Waals surface area contributed by atoms with E-state index in [4.69, 9.17) is 21.1 Å². The van der Waals surface area contributed by atoms with Gasteiger partial charge >= 0.3 is 5.97 Å². The molecule has 2 aromatic rings. The lowest BCUT2D eigenvalue weighted by molar-refractivity contribution is -0.118. The van der Waals surface area contributed by atoms with Gasteiger partial charge in [-0.25, -0.2) is 4.79 Å². The normalized spacial score (nSPS) is 16.1. The summed E-state index contributed by atoms with van der Waals surface area (Å²) in [7, 11) is 1.36. The van der Waals surface area contributed by atoms with Crippen LogP contribution in [0.1, 0.15) is 48.0 Å². The standard InChI is InChI=1S/C22H26ClNO4S/c1-22(2,3)13-5-10-16-17(11-13)29-20(19(16)21(26)27-4)24-18(25)12-28-15-8-6-14(23)7-9-15/h6-9,13H,5,10-12H2,1-4H3,(H,24,25)/t13-/m0/s1. The number of fused-ring (bicyclic) bond motifs is 1. The summed E-state index contributed by atoms with van der Waals surface area (Å²) in [5.74, 6) is 0.355. The van der Waals surface area contributed by atoms with Gasteiger partial charge in [0.1, 0.15) is 10.8 Å². The van der Waals surface area contributed by atoms with E-state index in [0.717, 1.165) is 29.7 Å². The number of hydrogen-bond acceptors (Lipinski definition) is 5. The highest BCUT2D eigenvalue weighted by molar-refractivity contribution is 7.17. The van der Waals surface area contributed by atoms with Crippen molar-refractivity contribution in [1.82, 2.24) is 0 Å². The molecule has 0 fully saturated rings. The number of ether oxygens (including phenoxy) is 2. The van der Waals surface area contributed by atoms with E-state index in [1.165, 1.54) is 18.4 Å². The highest BCUT2D eigenvalue weighted by Gasteiger charge is 2.34. The van der Waals surface area contributed by atoms with Crippen LogP contribution in [0.4, 0.5) is 5.00 Å². The molecule has 0 saturated heterocycles. The summed E-state index contributed by atoms with van der Waals surface area (Å²) >= 11 is 7.32. The zero-order chi connectivity index (χ0) is 21.2. The third-order valence-electron chi connectivity index (χ3n) is 5.32. The van der Waals surface area contributed by atoms with Crippen molar-refractivity contribution >= 4 is 39.8 Å². The van der Waals surface area contributed by atoms with Crippen molar-refractivity contribution in [2.24, 2.45) is 11.3 Å². The van der Waals surface area contributed by atoms with Crippen molar-refractivity contribution in [2.75, 3.05) is 19.0 Å². The van der Waals surface area contributed by atoms with Crippen molar-refractivity contribution in [3.05, 3.63) is 45.3 Å². The van der Waals surface area contributed by atoms with E-state index in [0.29, 0.717) is 27.3 Å². The number of benzene rings is 1. The molecule has 1 aliphatic carbocycles. The molecule has 0 bridgehead atoms. The van der Waals surface area contributed by atoms with Crippen LogP contribution in [0.3, 0.4) is 0 Å². The lowest BCUT2D eigenvalue weighted by Crippen LogP contribution is -2.26. The molecule has 0 aliphatic heterocycles. The zero-order valence-corrected chi connectivity index (χ0v) is 18.7. The number of anilines is 1. The van der Waals surface area contributed by atoms with Crippen LogP contribution in [0.15, 0.2) is 24.3 Å². The van der Waals surface area contributed by atoms with Crippen molar-refractivity contribution in [3.63, 3.8) is 0 Å². The van der Waals surface area contributed by atoms with Crippen LogP contribution in [0.25, 0.3) is 0 Å². The number of methoxy groups -OCH3 is 1. The van der Waals surface area contributed by atoms with Crippen molar-refractivity contribution < 1.29 is 19.1 Å². The second-order valence-corrected chi connectivity index (χ2v) is 9.84. The number of thiophene rings is 1. The fourth-order valence-electron chi connectivity index (χ4n) is 3.57. The summed E-state index contributed by atoms with van der Waals surface area (Å²) in [4.78, 5) is 26.0. The number of halogens is 1. The van der Waals surface area contributed by atoms with Crippen LogP contribution in [0.5, 0.6) is 5.75 Å². The van der Waals surface area contributed by atoms with Crippen molar-refractivity contribution in [2.45, 2.75) is 40.0 Å². The second kappa shape index (κ2) is 8.76. The molecule has 5 nitrogen and oxygen atoms in total. The summed E-state index contributed by atoms with van der Waals surface area (Å²) in [6, 6.07) is 6.80. The molecule has 0 spiro atoms. The van der Waals surface area contributed by atoms with Crippen molar-refractivity contribution in [1.29, 1.82) is 0 Å². The molecule has 1 atom stereocenters. The Bertz CT molecular complexity index is 899. The summed E-state index contributed by atoms with van der Waals surface area (Å²) in [5.41, 5.74) is 1.69. The highest BCUT2D eigenvalue weighted by Crippen LogP contribution is 2.44. The van der Waals surface area contributed by atoms with E-state index in [1.54, 1.807) is 24.3 Å². The Morgan fingerprint density at radius 1 is 1.24 bits per heavy atom. The second-order valence-electron chi connectivity index (χ2n) is 8.30. The van der Waals surface area contributed by atoms with Crippen LogP contribution in [0, 0.1) is 11.3 Å². The van der Waals surface area contributed by atoms with Gasteiger partial charge < -0.3 is 14.8 Å². The largest absolute Gasteiger partial charge is 0.484 e. The van der Waals surface area contributed by atoms with Gasteiger partial charge in [-0.15, -0.1) is 11.3 Å². The molecular weight excluding hydrogens is 410 g/mol. The van der Waals surface area contributed by atoms with Gasteiger partial charge in [0.2, 0.25) is 0 Å². The molecule has 1 amide bonds. The first-order chi connectivity index (χ1) is 13.7. The number of amides is 1. The minimum absolute atomic E-state index is 0.157. The average molecular weight is 436 g/mol. The first-order valence-corrected chi connectivity index (χ1v) is 10.8. The monoisotopic (exact) mass is 435 g/mol. The van der Waals surface area contributed by atoms with E-state index >= 15 is 0 Å². The molecule has 0 saturated carbocycles. The van der Waals surface area contributed by atoms with Gasteiger partial charge in [0, 0.05) is 9.90 Å². The SMILES string of the molecule is COC(=O)c1c(NC(=O)COc2ccc(Cl)cc2)sc2c1CC[C@H](C(C)(C)C)C2. The number of hydrogen-bond donors (Lipinski definition) is 1. The van der Waals surface area contributed by atoms with Crippen LogP contribution in [0.2, 0.25) is 5.02 Å². The Kier molecular flexibility index (Phi) is 6.54. The Hall–Kier alpha value is -2.05. The summed E-state index contributed by atoms with van der Waals surface area (Å²) in [6.07, 6.45) is 2.74. The van der Waals surface area contributed by atoms with Gasteiger partial charge in [0.05, 0.1) is 12.7 Å². The fraction of sp³-hybridized carbons (Fsp3) is 0.455. The van der Waals surface area contributed by atoms with Gasteiger partial charge in [0.15, 0.2) is 6.61 Å². The molecule has 0 radical (unpaired) electrons. The van der Waals surface area contributed by atoms with Gasteiger partial charge in [-0.1, -0.05) is 32.4 Å².